The van der Waals surface area contributed by atoms with Crippen LogP contribution in [0.4, 0.5) is 11.4 Å². The van der Waals surface area contributed by atoms with Gasteiger partial charge in [0.2, 0.25) is 17.7 Å². The van der Waals surface area contributed by atoms with Crippen molar-refractivity contribution in [2.45, 2.75) is 25.8 Å². The first-order chi connectivity index (χ1) is 15.9. The number of fused-ring (bicyclic) bond motifs is 1. The van der Waals surface area contributed by atoms with E-state index in [-0.39, 0.29) is 24.8 Å². The zero-order valence-electron chi connectivity index (χ0n) is 18.0. The molecule has 172 valence electrons. The van der Waals surface area contributed by atoms with E-state index in [1.54, 1.807) is 31.2 Å². The number of anilines is 2. The minimum absolute atomic E-state index is 0.111. The Hall–Kier alpha value is -3.92. The van der Waals surface area contributed by atoms with E-state index in [9.17, 15) is 19.2 Å². The van der Waals surface area contributed by atoms with Crippen LogP contribution in [0.15, 0.2) is 54.6 Å². The van der Waals surface area contributed by atoms with Gasteiger partial charge in [-0.25, -0.2) is 4.79 Å². The van der Waals surface area contributed by atoms with E-state index in [1.807, 2.05) is 30.3 Å². The molecule has 10 heteroatoms. The minimum atomic E-state index is -0.862. The van der Waals surface area contributed by atoms with Crippen LogP contribution in [0.25, 0.3) is 0 Å². The number of carbonyl (C=O) groups is 4. The number of amides is 3. The fraction of sp³-hybridized carbons (Fsp3) is 0.304. The van der Waals surface area contributed by atoms with Gasteiger partial charge in [-0.2, -0.15) is 0 Å². The second-order valence-corrected chi connectivity index (χ2v) is 7.79. The number of benzene rings is 2. The first-order valence-corrected chi connectivity index (χ1v) is 10.7. The number of piperidine rings is 1. The SMILES string of the molecule is CCOC(=O)c1ccc(NC(=O)C2CC(=O)NC3NC(Nc4ccccc4)NC(=O)C32)cc1. The van der Waals surface area contributed by atoms with Crippen molar-refractivity contribution in [1.82, 2.24) is 16.0 Å². The third-order valence-electron chi connectivity index (χ3n) is 5.54. The van der Waals surface area contributed by atoms with Crippen LogP contribution in [0.3, 0.4) is 0 Å². The molecule has 2 fully saturated rings. The summed E-state index contributed by atoms with van der Waals surface area (Å²) in [5.41, 5.74) is 1.60. The number of carbonyl (C=O) groups excluding carboxylic acids is 4. The fourth-order valence-corrected chi connectivity index (χ4v) is 3.99. The van der Waals surface area contributed by atoms with Crippen molar-refractivity contribution >= 4 is 35.1 Å². The Bertz CT molecular complexity index is 1040. The van der Waals surface area contributed by atoms with Gasteiger partial charge in [0.05, 0.1) is 30.2 Å². The summed E-state index contributed by atoms with van der Waals surface area (Å²) in [6.07, 6.45) is -1.43. The van der Waals surface area contributed by atoms with Crippen molar-refractivity contribution in [3.05, 3.63) is 60.2 Å². The summed E-state index contributed by atoms with van der Waals surface area (Å²) >= 11 is 0. The van der Waals surface area contributed by atoms with Crippen molar-refractivity contribution in [3.8, 4) is 0 Å². The molecule has 4 atom stereocenters. The van der Waals surface area contributed by atoms with Gasteiger partial charge in [0, 0.05) is 17.8 Å². The average Bonchev–Trinajstić information content (AvgIpc) is 2.79. The predicted molar refractivity (Wildman–Crippen MR) is 120 cm³/mol. The third-order valence-corrected chi connectivity index (χ3v) is 5.54. The van der Waals surface area contributed by atoms with Gasteiger partial charge in [-0.3, -0.25) is 19.7 Å². The minimum Gasteiger partial charge on any atom is -0.462 e. The number of esters is 1. The molecule has 0 aliphatic carbocycles. The van der Waals surface area contributed by atoms with E-state index < -0.39 is 36.2 Å². The van der Waals surface area contributed by atoms with E-state index >= 15 is 0 Å². The molecule has 2 aromatic carbocycles. The summed E-state index contributed by atoms with van der Waals surface area (Å²) in [5, 5.41) is 14.6. The number of nitrogens with one attached hydrogen (secondary N) is 5. The Kier molecular flexibility index (Phi) is 6.55. The topological polar surface area (TPSA) is 138 Å². The number of hydrogen-bond acceptors (Lipinski definition) is 7. The second-order valence-electron chi connectivity index (χ2n) is 7.79. The monoisotopic (exact) mass is 451 g/mol. The third kappa shape index (κ3) is 5.12. The number of para-hydroxylation sites is 1. The molecule has 5 N–H and O–H groups in total. The first kappa shape index (κ1) is 22.3. The Labute approximate surface area is 190 Å². The summed E-state index contributed by atoms with van der Waals surface area (Å²) in [7, 11) is 0. The molecule has 0 radical (unpaired) electrons. The van der Waals surface area contributed by atoms with Gasteiger partial charge in [0.25, 0.3) is 0 Å². The number of ether oxygens (including phenoxy) is 1. The molecule has 4 unspecified atom stereocenters. The Morgan fingerprint density at radius 1 is 1.00 bits per heavy atom. The highest BCUT2D eigenvalue weighted by Crippen LogP contribution is 2.28. The lowest BCUT2D eigenvalue weighted by molar-refractivity contribution is -0.144. The zero-order valence-corrected chi connectivity index (χ0v) is 18.0. The van der Waals surface area contributed by atoms with Crippen LogP contribution >= 0.6 is 0 Å². The largest absolute Gasteiger partial charge is 0.462 e. The molecule has 0 spiro atoms. The summed E-state index contributed by atoms with van der Waals surface area (Å²) < 4.78 is 4.95. The summed E-state index contributed by atoms with van der Waals surface area (Å²) in [4.78, 5) is 50.0. The van der Waals surface area contributed by atoms with E-state index in [0.717, 1.165) is 5.69 Å². The maximum absolute atomic E-state index is 13.0. The maximum atomic E-state index is 13.0. The van der Waals surface area contributed by atoms with Gasteiger partial charge >= 0.3 is 5.97 Å². The first-order valence-electron chi connectivity index (χ1n) is 10.7. The van der Waals surface area contributed by atoms with E-state index in [0.29, 0.717) is 11.3 Å². The van der Waals surface area contributed by atoms with E-state index in [4.69, 9.17) is 4.74 Å². The van der Waals surface area contributed by atoms with E-state index in [2.05, 4.69) is 26.6 Å². The van der Waals surface area contributed by atoms with Gasteiger partial charge in [-0.1, -0.05) is 18.2 Å². The molecule has 10 nitrogen and oxygen atoms in total. The van der Waals surface area contributed by atoms with Crippen LogP contribution in [-0.2, 0) is 19.1 Å². The van der Waals surface area contributed by atoms with Crippen molar-refractivity contribution in [2.75, 3.05) is 17.2 Å². The molecule has 4 rings (SSSR count). The van der Waals surface area contributed by atoms with Crippen molar-refractivity contribution in [2.24, 2.45) is 11.8 Å². The smallest absolute Gasteiger partial charge is 0.338 e. The zero-order chi connectivity index (χ0) is 23.4. The van der Waals surface area contributed by atoms with Crippen molar-refractivity contribution in [1.29, 1.82) is 0 Å². The Morgan fingerprint density at radius 2 is 1.73 bits per heavy atom. The molecule has 33 heavy (non-hydrogen) atoms. The second kappa shape index (κ2) is 9.70. The van der Waals surface area contributed by atoms with E-state index in [1.165, 1.54) is 0 Å². The summed E-state index contributed by atoms with van der Waals surface area (Å²) in [6, 6.07) is 15.5. The van der Waals surface area contributed by atoms with Crippen LogP contribution < -0.4 is 26.6 Å². The van der Waals surface area contributed by atoms with Crippen LogP contribution in [0.1, 0.15) is 23.7 Å². The van der Waals surface area contributed by atoms with Crippen molar-refractivity contribution in [3.63, 3.8) is 0 Å². The van der Waals surface area contributed by atoms with Gasteiger partial charge in [0.15, 0.2) is 6.29 Å². The molecule has 2 heterocycles. The van der Waals surface area contributed by atoms with Crippen LogP contribution in [-0.4, -0.2) is 42.8 Å². The number of rotatable bonds is 6. The highest BCUT2D eigenvalue weighted by atomic mass is 16.5. The maximum Gasteiger partial charge on any atom is 0.338 e. The summed E-state index contributed by atoms with van der Waals surface area (Å²) in [5.74, 6) is -3.21. The normalized spacial score (nSPS) is 24.0. The highest BCUT2D eigenvalue weighted by Gasteiger charge is 2.48. The molecule has 0 bridgehead atoms. The van der Waals surface area contributed by atoms with Gasteiger partial charge in [-0.15, -0.1) is 0 Å². The molecule has 2 saturated heterocycles. The Balaban J connectivity index is 1.43. The number of hydrogen-bond donors (Lipinski definition) is 5. The van der Waals surface area contributed by atoms with Crippen LogP contribution in [0, 0.1) is 11.8 Å². The molecular formula is C23H25N5O5. The average molecular weight is 451 g/mol. The van der Waals surface area contributed by atoms with Crippen molar-refractivity contribution < 1.29 is 23.9 Å². The highest BCUT2D eigenvalue weighted by molar-refractivity contribution is 6.00. The molecule has 3 amide bonds. The van der Waals surface area contributed by atoms with Gasteiger partial charge < -0.3 is 26.0 Å². The summed E-state index contributed by atoms with van der Waals surface area (Å²) in [6.45, 7) is 1.98. The van der Waals surface area contributed by atoms with Crippen LogP contribution in [0.2, 0.25) is 0 Å². The molecule has 2 aliphatic rings. The van der Waals surface area contributed by atoms with Crippen LogP contribution in [0.5, 0.6) is 0 Å². The molecule has 0 aromatic heterocycles. The van der Waals surface area contributed by atoms with Gasteiger partial charge in [-0.05, 0) is 43.3 Å². The van der Waals surface area contributed by atoms with Gasteiger partial charge in [0.1, 0.15) is 0 Å². The molecule has 2 aliphatic heterocycles. The lowest BCUT2D eigenvalue weighted by Gasteiger charge is -2.43. The fourth-order valence-electron chi connectivity index (χ4n) is 3.99. The Morgan fingerprint density at radius 3 is 2.42 bits per heavy atom. The predicted octanol–water partition coefficient (Wildman–Crippen LogP) is 0.995. The molecular weight excluding hydrogens is 426 g/mol. The lowest BCUT2D eigenvalue weighted by atomic mass is 9.81. The molecule has 2 aromatic rings. The lowest BCUT2D eigenvalue weighted by Crippen LogP contribution is -2.72. The molecule has 0 saturated carbocycles. The standard InChI is InChI=1S/C23H25N5O5/c1-2-33-22(32)13-8-10-15(11-9-13)24-20(30)16-12-17(29)26-19-18(16)21(31)28-23(27-19)25-14-6-4-3-5-7-14/h3-11,16,18-19,23,25,27H,2,12H2,1H3,(H,24,30)(H,26,29)(H,28,31). The quantitative estimate of drug-likeness (QED) is 0.413.